The zero-order valence-electron chi connectivity index (χ0n) is 11.3. The van der Waals surface area contributed by atoms with Crippen LogP contribution >= 0.6 is 0 Å². The second kappa shape index (κ2) is 5.84. The molecule has 1 unspecified atom stereocenters. The molecule has 5 nitrogen and oxygen atoms in total. The number of hydrogen-bond donors (Lipinski definition) is 2. The van der Waals surface area contributed by atoms with Crippen LogP contribution in [0.4, 0.5) is 0 Å². The molecule has 1 aromatic heterocycles. The van der Waals surface area contributed by atoms with Crippen molar-refractivity contribution < 1.29 is 9.21 Å². The molecule has 5 heteroatoms. The number of carbonyl (C=O) groups is 1. The maximum atomic E-state index is 11.6. The highest BCUT2D eigenvalue weighted by molar-refractivity contribution is 5.78. The minimum absolute atomic E-state index is 0.000845. The maximum absolute atomic E-state index is 11.6. The van der Waals surface area contributed by atoms with Gasteiger partial charge in [-0.1, -0.05) is 13.0 Å². The van der Waals surface area contributed by atoms with Crippen LogP contribution in [0.1, 0.15) is 18.4 Å². The number of hydrogen-bond acceptors (Lipinski definition) is 4. The molecule has 2 aromatic rings. The lowest BCUT2D eigenvalue weighted by Gasteiger charge is -2.09. The number of fused-ring (bicyclic) bond motifs is 1. The zero-order chi connectivity index (χ0) is 13.8. The topological polar surface area (TPSA) is 81.2 Å². The molecule has 1 heterocycles. The molecule has 102 valence electrons. The molecule has 0 bridgehead atoms. The summed E-state index contributed by atoms with van der Waals surface area (Å²) in [6.45, 7) is 4.61. The van der Waals surface area contributed by atoms with Gasteiger partial charge in [0.05, 0.1) is 0 Å². The molecule has 0 aliphatic rings. The molecule has 3 N–H and O–H groups in total. The first-order valence-electron chi connectivity index (χ1n) is 6.44. The summed E-state index contributed by atoms with van der Waals surface area (Å²) in [6, 6.07) is 5.90. The monoisotopic (exact) mass is 261 g/mol. The molecule has 0 aliphatic carbocycles. The van der Waals surface area contributed by atoms with E-state index in [0.29, 0.717) is 19.0 Å². The van der Waals surface area contributed by atoms with Crippen LogP contribution in [0.2, 0.25) is 0 Å². The molecule has 0 aliphatic heterocycles. The Morgan fingerprint density at radius 1 is 1.53 bits per heavy atom. The summed E-state index contributed by atoms with van der Waals surface area (Å²) in [5, 5.41) is 2.87. The van der Waals surface area contributed by atoms with Crippen molar-refractivity contribution in [1.82, 2.24) is 10.3 Å². The van der Waals surface area contributed by atoms with Crippen LogP contribution in [-0.2, 0) is 11.2 Å². The zero-order valence-corrected chi connectivity index (χ0v) is 11.3. The van der Waals surface area contributed by atoms with E-state index in [1.54, 1.807) is 0 Å². The standard InChI is InChI=1S/C14H19N3O2/c1-9(8-15)14(18)16-6-5-11-3-4-12-13(7-11)19-10(2)17-12/h3-4,7,9H,5-6,8,15H2,1-2H3,(H,16,18). The van der Waals surface area contributed by atoms with Gasteiger partial charge in [0, 0.05) is 25.9 Å². The average Bonchev–Trinajstić information content (AvgIpc) is 2.77. The van der Waals surface area contributed by atoms with Crippen LogP contribution in [0, 0.1) is 12.8 Å². The number of amides is 1. The van der Waals surface area contributed by atoms with Crippen molar-refractivity contribution in [3.8, 4) is 0 Å². The highest BCUT2D eigenvalue weighted by Gasteiger charge is 2.09. The summed E-state index contributed by atoms with van der Waals surface area (Å²) in [7, 11) is 0. The molecule has 0 radical (unpaired) electrons. The number of carbonyl (C=O) groups excluding carboxylic acids is 1. The van der Waals surface area contributed by atoms with Crippen LogP contribution < -0.4 is 11.1 Å². The molecule has 0 fully saturated rings. The van der Waals surface area contributed by atoms with Crippen LogP contribution in [0.5, 0.6) is 0 Å². The van der Waals surface area contributed by atoms with Gasteiger partial charge in [-0.05, 0) is 24.1 Å². The minimum atomic E-state index is -0.139. The van der Waals surface area contributed by atoms with E-state index in [1.807, 2.05) is 32.0 Å². The summed E-state index contributed by atoms with van der Waals surface area (Å²) >= 11 is 0. The van der Waals surface area contributed by atoms with Gasteiger partial charge in [0.1, 0.15) is 5.52 Å². The van der Waals surface area contributed by atoms with E-state index in [4.69, 9.17) is 10.2 Å². The summed E-state index contributed by atoms with van der Waals surface area (Å²) in [4.78, 5) is 15.8. The first-order valence-corrected chi connectivity index (χ1v) is 6.44. The largest absolute Gasteiger partial charge is 0.441 e. The number of nitrogens with two attached hydrogens (primary N) is 1. The Morgan fingerprint density at radius 2 is 2.32 bits per heavy atom. The van der Waals surface area contributed by atoms with E-state index in [2.05, 4.69) is 10.3 Å². The normalized spacial score (nSPS) is 12.6. The van der Waals surface area contributed by atoms with Gasteiger partial charge in [-0.25, -0.2) is 4.98 Å². The van der Waals surface area contributed by atoms with Crippen molar-refractivity contribution in [1.29, 1.82) is 0 Å². The third-order valence-electron chi connectivity index (χ3n) is 3.07. The maximum Gasteiger partial charge on any atom is 0.224 e. The molecule has 0 spiro atoms. The molecule has 0 saturated heterocycles. The minimum Gasteiger partial charge on any atom is -0.441 e. The highest BCUT2D eigenvalue weighted by Crippen LogP contribution is 2.16. The van der Waals surface area contributed by atoms with Gasteiger partial charge in [-0.2, -0.15) is 0 Å². The smallest absolute Gasteiger partial charge is 0.224 e. The van der Waals surface area contributed by atoms with Gasteiger partial charge in [0.2, 0.25) is 5.91 Å². The van der Waals surface area contributed by atoms with Crippen LogP contribution in [0.15, 0.2) is 22.6 Å². The molecule has 19 heavy (non-hydrogen) atoms. The van der Waals surface area contributed by atoms with Gasteiger partial charge >= 0.3 is 0 Å². The summed E-state index contributed by atoms with van der Waals surface area (Å²) in [5.41, 5.74) is 8.21. The second-order valence-electron chi connectivity index (χ2n) is 4.71. The Morgan fingerprint density at radius 3 is 3.05 bits per heavy atom. The lowest BCUT2D eigenvalue weighted by Crippen LogP contribution is -2.34. The first kappa shape index (κ1) is 13.5. The van der Waals surface area contributed by atoms with Gasteiger partial charge in [-0.15, -0.1) is 0 Å². The number of benzene rings is 1. The molecule has 1 amide bonds. The predicted molar refractivity (Wildman–Crippen MR) is 73.7 cm³/mol. The fraction of sp³-hybridized carbons (Fsp3) is 0.429. The third-order valence-corrected chi connectivity index (χ3v) is 3.07. The molecular formula is C14H19N3O2. The Balaban J connectivity index is 1.92. The second-order valence-corrected chi connectivity index (χ2v) is 4.71. The van der Waals surface area contributed by atoms with E-state index < -0.39 is 0 Å². The fourth-order valence-corrected chi connectivity index (χ4v) is 1.85. The Kier molecular flexibility index (Phi) is 4.16. The summed E-state index contributed by atoms with van der Waals surface area (Å²) in [6.07, 6.45) is 0.763. The van der Waals surface area contributed by atoms with Crippen molar-refractivity contribution in [2.75, 3.05) is 13.1 Å². The van der Waals surface area contributed by atoms with E-state index in [-0.39, 0.29) is 11.8 Å². The van der Waals surface area contributed by atoms with E-state index in [0.717, 1.165) is 23.1 Å². The Bertz CT molecular complexity index is 577. The number of nitrogens with one attached hydrogen (secondary N) is 1. The predicted octanol–water partition coefficient (Wildman–Crippen LogP) is 1.39. The van der Waals surface area contributed by atoms with Gasteiger partial charge in [0.15, 0.2) is 11.5 Å². The molecular weight excluding hydrogens is 242 g/mol. The quantitative estimate of drug-likeness (QED) is 0.852. The number of oxazole rings is 1. The van der Waals surface area contributed by atoms with Crippen LogP contribution in [0.25, 0.3) is 11.1 Å². The number of aromatic nitrogens is 1. The number of rotatable bonds is 5. The van der Waals surface area contributed by atoms with Crippen LogP contribution in [0.3, 0.4) is 0 Å². The molecule has 2 rings (SSSR count). The lowest BCUT2D eigenvalue weighted by molar-refractivity contribution is -0.124. The van der Waals surface area contributed by atoms with Crippen molar-refractivity contribution in [3.05, 3.63) is 29.7 Å². The van der Waals surface area contributed by atoms with Crippen molar-refractivity contribution in [2.24, 2.45) is 11.7 Å². The Hall–Kier alpha value is -1.88. The van der Waals surface area contributed by atoms with Gasteiger partial charge in [-0.3, -0.25) is 4.79 Å². The van der Waals surface area contributed by atoms with E-state index >= 15 is 0 Å². The SMILES string of the molecule is Cc1nc2ccc(CCNC(=O)C(C)CN)cc2o1. The Labute approximate surface area is 112 Å². The fourth-order valence-electron chi connectivity index (χ4n) is 1.85. The van der Waals surface area contributed by atoms with Crippen molar-refractivity contribution >= 4 is 17.0 Å². The lowest BCUT2D eigenvalue weighted by atomic mass is 10.1. The van der Waals surface area contributed by atoms with Gasteiger partial charge in [0.25, 0.3) is 0 Å². The van der Waals surface area contributed by atoms with Gasteiger partial charge < -0.3 is 15.5 Å². The number of nitrogens with zero attached hydrogens (tertiary/aromatic N) is 1. The summed E-state index contributed by atoms with van der Waals surface area (Å²) < 4.78 is 5.48. The van der Waals surface area contributed by atoms with E-state index in [9.17, 15) is 4.79 Å². The molecule has 1 aromatic carbocycles. The third kappa shape index (κ3) is 3.32. The highest BCUT2D eigenvalue weighted by atomic mass is 16.3. The van der Waals surface area contributed by atoms with E-state index in [1.165, 1.54) is 0 Å². The van der Waals surface area contributed by atoms with Crippen LogP contribution in [-0.4, -0.2) is 24.0 Å². The van der Waals surface area contributed by atoms with Crippen molar-refractivity contribution in [2.45, 2.75) is 20.3 Å². The molecule has 1 atom stereocenters. The first-order chi connectivity index (χ1) is 9.10. The number of aryl methyl sites for hydroxylation is 1. The molecule has 0 saturated carbocycles. The average molecular weight is 261 g/mol. The summed E-state index contributed by atoms with van der Waals surface area (Å²) in [5.74, 6) is 0.524. The van der Waals surface area contributed by atoms with Crippen molar-refractivity contribution in [3.63, 3.8) is 0 Å².